The van der Waals surface area contributed by atoms with Crippen LogP contribution in [0.2, 0.25) is 0 Å². The predicted octanol–water partition coefficient (Wildman–Crippen LogP) is 2.30. The van der Waals surface area contributed by atoms with Crippen molar-refractivity contribution < 1.29 is 9.84 Å². The number of nitrogens with zero attached hydrogens (tertiary/aromatic N) is 2. The van der Waals surface area contributed by atoms with Crippen LogP contribution in [0.5, 0.6) is 11.5 Å². The first-order valence-corrected chi connectivity index (χ1v) is 5.32. The highest BCUT2D eigenvalue weighted by Crippen LogP contribution is 2.36. The number of fused-ring (bicyclic) bond motifs is 3. The molecule has 2 aromatic heterocycles. The number of aromatic nitrogens is 2. The molecule has 0 aliphatic rings. The second-order valence-electron chi connectivity index (χ2n) is 3.86. The van der Waals surface area contributed by atoms with Crippen LogP contribution in [0.1, 0.15) is 5.69 Å². The fourth-order valence-electron chi connectivity index (χ4n) is 2.13. The summed E-state index contributed by atoms with van der Waals surface area (Å²) in [4.78, 5) is 7.05. The number of hydrogen-bond acceptors (Lipinski definition) is 4. The number of nitrogens with one attached hydrogen (secondary N) is 1. The zero-order chi connectivity index (χ0) is 12.7. The number of hydrogen-bond donors (Lipinski definition) is 2. The summed E-state index contributed by atoms with van der Waals surface area (Å²) in [5.41, 5.74) is 1.44. The van der Waals surface area contributed by atoms with Crippen molar-refractivity contribution in [3.63, 3.8) is 0 Å². The predicted molar refractivity (Wildman–Crippen MR) is 66.5 cm³/mol. The molecular weight excluding hydrogens is 230 g/mol. The average Bonchev–Trinajstić information content (AvgIpc) is 2.79. The summed E-state index contributed by atoms with van der Waals surface area (Å²) in [6.45, 7) is 0. The topological polar surface area (TPSA) is 81.9 Å². The fourth-order valence-corrected chi connectivity index (χ4v) is 2.13. The molecule has 0 spiro atoms. The summed E-state index contributed by atoms with van der Waals surface area (Å²) in [6.07, 6.45) is 1.51. The van der Waals surface area contributed by atoms with Crippen molar-refractivity contribution in [2.45, 2.75) is 0 Å². The Kier molecular flexibility index (Phi) is 2.10. The van der Waals surface area contributed by atoms with Crippen molar-refractivity contribution in [1.29, 1.82) is 5.26 Å². The van der Waals surface area contributed by atoms with Gasteiger partial charge >= 0.3 is 0 Å². The third kappa shape index (κ3) is 1.23. The van der Waals surface area contributed by atoms with Crippen LogP contribution in [0.15, 0.2) is 24.4 Å². The third-order valence-corrected chi connectivity index (χ3v) is 2.93. The molecular formula is C13H9N3O2. The zero-order valence-electron chi connectivity index (χ0n) is 9.56. The van der Waals surface area contributed by atoms with E-state index in [1.807, 2.05) is 12.1 Å². The van der Waals surface area contributed by atoms with Gasteiger partial charge in [-0.2, -0.15) is 5.26 Å². The van der Waals surface area contributed by atoms with Gasteiger partial charge in [0.25, 0.3) is 0 Å². The van der Waals surface area contributed by atoms with Gasteiger partial charge in [-0.25, -0.2) is 4.98 Å². The number of aromatic amines is 1. The minimum Gasteiger partial charge on any atom is -0.506 e. The molecule has 5 heteroatoms. The lowest BCUT2D eigenvalue weighted by Gasteiger charge is -2.02. The van der Waals surface area contributed by atoms with Crippen LogP contribution in [0.3, 0.4) is 0 Å². The number of para-hydroxylation sites is 1. The van der Waals surface area contributed by atoms with Crippen LogP contribution >= 0.6 is 0 Å². The first-order chi connectivity index (χ1) is 8.76. The summed E-state index contributed by atoms with van der Waals surface area (Å²) in [5.74, 6) is 0.704. The maximum atomic E-state index is 9.82. The van der Waals surface area contributed by atoms with Gasteiger partial charge in [0.15, 0.2) is 5.69 Å². The molecule has 0 bridgehead atoms. The van der Waals surface area contributed by atoms with Gasteiger partial charge in [0, 0.05) is 5.39 Å². The molecule has 0 unspecified atom stereocenters. The Morgan fingerprint density at radius 2 is 2.22 bits per heavy atom. The maximum absolute atomic E-state index is 9.82. The summed E-state index contributed by atoms with van der Waals surface area (Å²) < 4.78 is 5.26. The smallest absolute Gasteiger partial charge is 0.164 e. The van der Waals surface area contributed by atoms with E-state index in [4.69, 9.17) is 10.00 Å². The number of rotatable bonds is 1. The molecule has 88 valence electrons. The number of benzene rings is 1. The van der Waals surface area contributed by atoms with Gasteiger partial charge < -0.3 is 14.8 Å². The van der Waals surface area contributed by atoms with Crippen LogP contribution in [0.25, 0.3) is 21.8 Å². The summed E-state index contributed by atoms with van der Waals surface area (Å²) in [6, 6.07) is 7.21. The van der Waals surface area contributed by atoms with E-state index in [1.54, 1.807) is 19.2 Å². The van der Waals surface area contributed by atoms with Gasteiger partial charge in [0.1, 0.15) is 17.6 Å². The highest BCUT2D eigenvalue weighted by molar-refractivity contribution is 6.12. The van der Waals surface area contributed by atoms with E-state index < -0.39 is 0 Å². The molecule has 5 nitrogen and oxygen atoms in total. The molecule has 3 aromatic rings. The minimum absolute atomic E-state index is 0.134. The molecule has 1 aromatic carbocycles. The first kappa shape index (κ1) is 10.4. The number of aromatic hydroxyl groups is 1. The van der Waals surface area contributed by atoms with Gasteiger partial charge in [0.2, 0.25) is 0 Å². The van der Waals surface area contributed by atoms with Crippen LogP contribution in [0, 0.1) is 11.3 Å². The normalized spacial score (nSPS) is 10.7. The van der Waals surface area contributed by atoms with Crippen LogP contribution in [-0.4, -0.2) is 22.2 Å². The minimum atomic E-state index is 0.134. The van der Waals surface area contributed by atoms with E-state index in [0.717, 1.165) is 10.8 Å². The number of phenolic OH excluding ortho intramolecular Hbond substituents is 1. The molecule has 0 radical (unpaired) electrons. The van der Waals surface area contributed by atoms with Crippen molar-refractivity contribution in [1.82, 2.24) is 9.97 Å². The zero-order valence-corrected chi connectivity index (χ0v) is 9.56. The van der Waals surface area contributed by atoms with Gasteiger partial charge in [-0.3, -0.25) is 0 Å². The fraction of sp³-hybridized carbons (Fsp3) is 0.0769. The second-order valence-corrected chi connectivity index (χ2v) is 3.86. The van der Waals surface area contributed by atoms with E-state index in [0.29, 0.717) is 16.8 Å². The largest absolute Gasteiger partial charge is 0.506 e. The standard InChI is InChI=1S/C13H9N3O2/c1-18-10-6-15-8(5-14)13-11(10)7-3-2-4-9(17)12(7)16-13/h2-4,6,16-17H,1H3. The van der Waals surface area contributed by atoms with Crippen LogP contribution in [-0.2, 0) is 0 Å². The van der Waals surface area contributed by atoms with E-state index in [9.17, 15) is 5.11 Å². The molecule has 0 aliphatic carbocycles. The van der Waals surface area contributed by atoms with Crippen molar-refractivity contribution in [2.75, 3.05) is 7.11 Å². The Labute approximate surface area is 102 Å². The molecule has 2 heterocycles. The van der Waals surface area contributed by atoms with Crippen molar-refractivity contribution >= 4 is 21.8 Å². The van der Waals surface area contributed by atoms with Crippen molar-refractivity contribution in [3.8, 4) is 17.6 Å². The summed E-state index contributed by atoms with van der Waals surface area (Å²) in [5, 5.41) is 20.4. The molecule has 18 heavy (non-hydrogen) atoms. The molecule has 0 saturated carbocycles. The first-order valence-electron chi connectivity index (χ1n) is 5.32. The SMILES string of the molecule is COc1cnc(C#N)c2[nH]c3c(O)cccc3c12. The molecule has 0 amide bonds. The van der Waals surface area contributed by atoms with Gasteiger partial charge in [0.05, 0.1) is 29.7 Å². The Morgan fingerprint density at radius 3 is 2.94 bits per heavy atom. The Morgan fingerprint density at radius 1 is 1.39 bits per heavy atom. The van der Waals surface area contributed by atoms with E-state index >= 15 is 0 Å². The Hall–Kier alpha value is -2.74. The molecule has 0 fully saturated rings. The molecule has 0 atom stereocenters. The summed E-state index contributed by atoms with van der Waals surface area (Å²) in [7, 11) is 1.55. The lowest BCUT2D eigenvalue weighted by Crippen LogP contribution is -1.89. The lowest BCUT2D eigenvalue weighted by molar-refractivity contribution is 0.418. The highest BCUT2D eigenvalue weighted by atomic mass is 16.5. The maximum Gasteiger partial charge on any atom is 0.164 e. The number of methoxy groups -OCH3 is 1. The monoisotopic (exact) mass is 239 g/mol. The highest BCUT2D eigenvalue weighted by Gasteiger charge is 2.15. The lowest BCUT2D eigenvalue weighted by atomic mass is 10.1. The van der Waals surface area contributed by atoms with Gasteiger partial charge in [-0.05, 0) is 6.07 Å². The van der Waals surface area contributed by atoms with E-state index in [2.05, 4.69) is 9.97 Å². The van der Waals surface area contributed by atoms with Crippen molar-refractivity contribution in [2.24, 2.45) is 0 Å². The van der Waals surface area contributed by atoms with Crippen LogP contribution < -0.4 is 4.74 Å². The van der Waals surface area contributed by atoms with Crippen LogP contribution in [0.4, 0.5) is 0 Å². The number of nitriles is 1. The third-order valence-electron chi connectivity index (χ3n) is 2.93. The number of phenols is 1. The average molecular weight is 239 g/mol. The summed E-state index contributed by atoms with van der Waals surface area (Å²) >= 11 is 0. The number of pyridine rings is 1. The second kappa shape index (κ2) is 3.64. The van der Waals surface area contributed by atoms with E-state index in [1.165, 1.54) is 6.20 Å². The molecule has 0 saturated heterocycles. The number of ether oxygens (including phenoxy) is 1. The van der Waals surface area contributed by atoms with E-state index in [-0.39, 0.29) is 11.4 Å². The number of H-pyrrole nitrogens is 1. The molecule has 3 rings (SSSR count). The molecule has 0 aliphatic heterocycles. The van der Waals surface area contributed by atoms with Crippen molar-refractivity contribution in [3.05, 3.63) is 30.1 Å². The van der Waals surface area contributed by atoms with Gasteiger partial charge in [-0.1, -0.05) is 12.1 Å². The quantitative estimate of drug-likeness (QED) is 0.682. The Balaban J connectivity index is 2.61. The molecule has 2 N–H and O–H groups in total. The Bertz CT molecular complexity index is 799. The van der Waals surface area contributed by atoms with Gasteiger partial charge in [-0.15, -0.1) is 0 Å².